The van der Waals surface area contributed by atoms with Crippen LogP contribution in [0.1, 0.15) is 36.2 Å². The molecule has 1 aromatic heterocycles. The first-order chi connectivity index (χ1) is 7.18. The van der Waals surface area contributed by atoms with E-state index in [1.54, 1.807) is 7.05 Å². The van der Waals surface area contributed by atoms with Crippen LogP contribution in [0.4, 0.5) is 5.69 Å². The van der Waals surface area contributed by atoms with Crippen LogP contribution in [0.3, 0.4) is 0 Å². The predicted molar refractivity (Wildman–Crippen MR) is 57.3 cm³/mol. The van der Waals surface area contributed by atoms with Crippen molar-refractivity contribution >= 4 is 11.6 Å². The molecule has 0 bridgehead atoms. The second-order valence-electron chi connectivity index (χ2n) is 4.03. The molecular weight excluding hydrogens is 192 g/mol. The maximum Gasteiger partial charge on any atom is 0.271 e. The topological polar surface area (TPSA) is 72.9 Å². The standard InChI is InChI=1S/C10H16N4O/c1-14-9(8(11)6-12-14)10(15)13-7-4-2-3-5-7/h6-7H,2-5,11H2,1H3,(H,13,15). The van der Waals surface area contributed by atoms with E-state index >= 15 is 0 Å². The van der Waals surface area contributed by atoms with Gasteiger partial charge >= 0.3 is 0 Å². The quantitative estimate of drug-likeness (QED) is 0.750. The number of nitrogens with zero attached hydrogens (tertiary/aromatic N) is 2. The zero-order valence-electron chi connectivity index (χ0n) is 8.86. The van der Waals surface area contributed by atoms with Gasteiger partial charge in [-0.2, -0.15) is 5.10 Å². The average molecular weight is 208 g/mol. The zero-order chi connectivity index (χ0) is 10.8. The minimum absolute atomic E-state index is 0.112. The maximum absolute atomic E-state index is 11.9. The van der Waals surface area contributed by atoms with Crippen LogP contribution >= 0.6 is 0 Å². The summed E-state index contributed by atoms with van der Waals surface area (Å²) in [5.74, 6) is -0.112. The van der Waals surface area contributed by atoms with Gasteiger partial charge in [-0.25, -0.2) is 0 Å². The molecule has 0 aliphatic heterocycles. The third kappa shape index (κ3) is 1.95. The second kappa shape index (κ2) is 3.92. The second-order valence-corrected chi connectivity index (χ2v) is 4.03. The molecule has 5 nitrogen and oxygen atoms in total. The number of nitrogens with one attached hydrogen (secondary N) is 1. The fourth-order valence-corrected chi connectivity index (χ4v) is 2.06. The Labute approximate surface area is 88.6 Å². The van der Waals surface area contributed by atoms with Crippen LogP contribution in [0.15, 0.2) is 6.20 Å². The van der Waals surface area contributed by atoms with Crippen molar-refractivity contribution in [2.75, 3.05) is 5.73 Å². The third-order valence-corrected chi connectivity index (χ3v) is 2.87. The van der Waals surface area contributed by atoms with Gasteiger partial charge in [-0.05, 0) is 12.8 Å². The number of aromatic nitrogens is 2. The maximum atomic E-state index is 11.9. The molecule has 1 aromatic rings. The van der Waals surface area contributed by atoms with Gasteiger partial charge in [-0.3, -0.25) is 9.48 Å². The summed E-state index contributed by atoms with van der Waals surface area (Å²) in [7, 11) is 1.72. The number of carbonyl (C=O) groups excluding carboxylic acids is 1. The summed E-state index contributed by atoms with van der Waals surface area (Å²) < 4.78 is 1.51. The molecule has 1 aliphatic carbocycles. The van der Waals surface area contributed by atoms with Gasteiger partial charge in [0.25, 0.3) is 5.91 Å². The van der Waals surface area contributed by atoms with E-state index in [0.29, 0.717) is 17.4 Å². The number of carbonyl (C=O) groups is 1. The molecule has 0 radical (unpaired) electrons. The number of aryl methyl sites for hydroxylation is 1. The van der Waals surface area contributed by atoms with Gasteiger partial charge in [0.05, 0.1) is 11.9 Å². The molecule has 1 amide bonds. The first-order valence-electron chi connectivity index (χ1n) is 5.27. The van der Waals surface area contributed by atoms with Crippen LogP contribution < -0.4 is 11.1 Å². The first-order valence-corrected chi connectivity index (χ1v) is 5.27. The fourth-order valence-electron chi connectivity index (χ4n) is 2.06. The predicted octanol–water partition coefficient (Wildman–Crippen LogP) is 0.675. The van der Waals surface area contributed by atoms with Crippen molar-refractivity contribution in [2.24, 2.45) is 7.05 Å². The van der Waals surface area contributed by atoms with E-state index in [9.17, 15) is 4.79 Å². The Morgan fingerprint density at radius 2 is 2.27 bits per heavy atom. The number of hydrogen-bond donors (Lipinski definition) is 2. The van der Waals surface area contributed by atoms with E-state index in [1.165, 1.54) is 23.7 Å². The van der Waals surface area contributed by atoms with Crippen LogP contribution in [-0.4, -0.2) is 21.7 Å². The molecule has 0 aromatic carbocycles. The molecule has 1 heterocycles. The molecule has 3 N–H and O–H groups in total. The lowest BCUT2D eigenvalue weighted by Crippen LogP contribution is -2.34. The number of rotatable bonds is 2. The van der Waals surface area contributed by atoms with Gasteiger partial charge in [0.15, 0.2) is 0 Å². The van der Waals surface area contributed by atoms with Crippen LogP contribution in [0.5, 0.6) is 0 Å². The van der Waals surface area contributed by atoms with Gasteiger partial charge in [0.2, 0.25) is 0 Å². The van der Waals surface area contributed by atoms with Gasteiger partial charge in [0, 0.05) is 13.1 Å². The van der Waals surface area contributed by atoms with Crippen LogP contribution in [-0.2, 0) is 7.05 Å². The van der Waals surface area contributed by atoms with E-state index in [1.807, 2.05) is 0 Å². The normalized spacial score (nSPS) is 16.9. The van der Waals surface area contributed by atoms with Crippen molar-refractivity contribution in [3.05, 3.63) is 11.9 Å². The molecule has 1 aliphatic rings. The Morgan fingerprint density at radius 1 is 1.60 bits per heavy atom. The monoisotopic (exact) mass is 208 g/mol. The molecule has 5 heteroatoms. The number of amides is 1. The molecule has 0 spiro atoms. The number of hydrogen-bond acceptors (Lipinski definition) is 3. The summed E-state index contributed by atoms with van der Waals surface area (Å²) in [6.45, 7) is 0. The lowest BCUT2D eigenvalue weighted by atomic mass is 10.2. The molecule has 2 rings (SSSR count). The highest BCUT2D eigenvalue weighted by atomic mass is 16.2. The van der Waals surface area contributed by atoms with Gasteiger partial charge in [-0.1, -0.05) is 12.8 Å². The Morgan fingerprint density at radius 3 is 2.80 bits per heavy atom. The Balaban J connectivity index is 2.07. The Hall–Kier alpha value is -1.52. The zero-order valence-corrected chi connectivity index (χ0v) is 8.86. The van der Waals surface area contributed by atoms with E-state index in [4.69, 9.17) is 5.73 Å². The molecule has 0 atom stereocenters. The fraction of sp³-hybridized carbons (Fsp3) is 0.600. The first kappa shape index (κ1) is 10.0. The van der Waals surface area contributed by atoms with Crippen LogP contribution in [0.2, 0.25) is 0 Å². The Bertz CT molecular complexity index is 346. The summed E-state index contributed by atoms with van der Waals surface area (Å²) >= 11 is 0. The number of nitrogen functional groups attached to an aromatic ring is 1. The lowest BCUT2D eigenvalue weighted by molar-refractivity contribution is 0.0929. The summed E-state index contributed by atoms with van der Waals surface area (Å²) in [4.78, 5) is 11.9. The lowest BCUT2D eigenvalue weighted by Gasteiger charge is -2.12. The summed E-state index contributed by atoms with van der Waals surface area (Å²) in [5.41, 5.74) is 6.57. The van der Waals surface area contributed by atoms with Crippen LogP contribution in [0, 0.1) is 0 Å². The van der Waals surface area contributed by atoms with Crippen molar-refractivity contribution in [1.29, 1.82) is 0 Å². The van der Waals surface area contributed by atoms with Crippen molar-refractivity contribution < 1.29 is 4.79 Å². The molecule has 0 saturated heterocycles. The van der Waals surface area contributed by atoms with Crippen molar-refractivity contribution in [2.45, 2.75) is 31.7 Å². The molecule has 1 fully saturated rings. The average Bonchev–Trinajstić information content (AvgIpc) is 2.77. The van der Waals surface area contributed by atoms with Crippen molar-refractivity contribution in [3.8, 4) is 0 Å². The Kier molecular flexibility index (Phi) is 2.62. The largest absolute Gasteiger partial charge is 0.396 e. The van der Waals surface area contributed by atoms with Gasteiger partial charge in [0.1, 0.15) is 5.69 Å². The van der Waals surface area contributed by atoms with E-state index < -0.39 is 0 Å². The van der Waals surface area contributed by atoms with E-state index in [2.05, 4.69) is 10.4 Å². The smallest absolute Gasteiger partial charge is 0.271 e. The number of anilines is 1. The minimum atomic E-state index is -0.112. The minimum Gasteiger partial charge on any atom is -0.396 e. The highest BCUT2D eigenvalue weighted by Gasteiger charge is 2.21. The highest BCUT2D eigenvalue weighted by molar-refractivity contribution is 5.97. The molecule has 82 valence electrons. The molecule has 15 heavy (non-hydrogen) atoms. The van der Waals surface area contributed by atoms with E-state index in [-0.39, 0.29) is 5.91 Å². The molecular formula is C10H16N4O. The molecule has 0 unspecified atom stereocenters. The summed E-state index contributed by atoms with van der Waals surface area (Å²) in [6.07, 6.45) is 6.05. The van der Waals surface area contributed by atoms with Crippen molar-refractivity contribution in [1.82, 2.24) is 15.1 Å². The summed E-state index contributed by atoms with van der Waals surface area (Å²) in [5, 5.41) is 6.93. The van der Waals surface area contributed by atoms with Crippen molar-refractivity contribution in [3.63, 3.8) is 0 Å². The van der Waals surface area contributed by atoms with E-state index in [0.717, 1.165) is 12.8 Å². The molecule has 1 saturated carbocycles. The van der Waals surface area contributed by atoms with Gasteiger partial charge < -0.3 is 11.1 Å². The number of nitrogens with two attached hydrogens (primary N) is 1. The highest BCUT2D eigenvalue weighted by Crippen LogP contribution is 2.18. The SMILES string of the molecule is Cn1ncc(N)c1C(=O)NC1CCCC1. The van der Waals surface area contributed by atoms with Crippen LogP contribution in [0.25, 0.3) is 0 Å². The summed E-state index contributed by atoms with van der Waals surface area (Å²) in [6, 6.07) is 0.312. The van der Waals surface area contributed by atoms with Gasteiger partial charge in [-0.15, -0.1) is 0 Å². The third-order valence-electron chi connectivity index (χ3n) is 2.87.